The second-order valence-corrected chi connectivity index (χ2v) is 6.48. The van der Waals surface area contributed by atoms with Crippen LogP contribution in [0.2, 0.25) is 0 Å². The van der Waals surface area contributed by atoms with Gasteiger partial charge in [0.1, 0.15) is 11.4 Å². The van der Waals surface area contributed by atoms with Crippen LogP contribution in [0.15, 0.2) is 24.3 Å². The SMILES string of the molecule is CCCS(=O)(=O)NCC(C)(OC)c1ccccc1F. The van der Waals surface area contributed by atoms with E-state index in [1.54, 1.807) is 32.0 Å². The molecular weight excluding hydrogens is 269 g/mol. The zero-order valence-electron chi connectivity index (χ0n) is 11.4. The highest BCUT2D eigenvalue weighted by Crippen LogP contribution is 2.26. The fraction of sp³-hybridized carbons (Fsp3) is 0.538. The van der Waals surface area contributed by atoms with Gasteiger partial charge in [-0.25, -0.2) is 17.5 Å². The van der Waals surface area contributed by atoms with Gasteiger partial charge in [-0.2, -0.15) is 0 Å². The Morgan fingerprint density at radius 2 is 2.00 bits per heavy atom. The number of hydrogen-bond donors (Lipinski definition) is 1. The molecule has 0 aliphatic carbocycles. The highest BCUT2D eigenvalue weighted by Gasteiger charge is 2.30. The zero-order valence-corrected chi connectivity index (χ0v) is 12.3. The molecule has 0 spiro atoms. The first kappa shape index (κ1) is 16.1. The largest absolute Gasteiger partial charge is 0.372 e. The molecule has 1 N–H and O–H groups in total. The van der Waals surface area contributed by atoms with Gasteiger partial charge in [-0.3, -0.25) is 0 Å². The maximum absolute atomic E-state index is 13.8. The van der Waals surface area contributed by atoms with Gasteiger partial charge in [0.05, 0.1) is 5.75 Å². The minimum absolute atomic E-state index is 0.00718. The van der Waals surface area contributed by atoms with Crippen molar-refractivity contribution >= 4 is 10.0 Å². The first-order valence-electron chi connectivity index (χ1n) is 6.12. The number of halogens is 1. The monoisotopic (exact) mass is 289 g/mol. The summed E-state index contributed by atoms with van der Waals surface area (Å²) in [5.74, 6) is -0.370. The van der Waals surface area contributed by atoms with Crippen LogP contribution in [0.3, 0.4) is 0 Å². The van der Waals surface area contributed by atoms with Crippen molar-refractivity contribution in [1.29, 1.82) is 0 Å². The molecule has 0 aliphatic rings. The van der Waals surface area contributed by atoms with Crippen molar-refractivity contribution < 1.29 is 17.5 Å². The number of rotatable bonds is 7. The van der Waals surface area contributed by atoms with Crippen LogP contribution >= 0.6 is 0 Å². The van der Waals surface area contributed by atoms with Crippen LogP contribution in [-0.4, -0.2) is 27.8 Å². The molecule has 1 rings (SSSR count). The Hall–Kier alpha value is -0.980. The topological polar surface area (TPSA) is 55.4 Å². The van der Waals surface area contributed by atoms with E-state index in [1.165, 1.54) is 13.2 Å². The van der Waals surface area contributed by atoms with Crippen LogP contribution in [-0.2, 0) is 20.4 Å². The first-order chi connectivity index (χ1) is 8.84. The normalized spacial score (nSPS) is 15.2. The minimum Gasteiger partial charge on any atom is -0.372 e. The van der Waals surface area contributed by atoms with E-state index in [9.17, 15) is 12.8 Å². The van der Waals surface area contributed by atoms with Gasteiger partial charge in [-0.1, -0.05) is 25.1 Å². The number of hydrogen-bond acceptors (Lipinski definition) is 3. The molecule has 0 aromatic heterocycles. The molecule has 0 amide bonds. The lowest BCUT2D eigenvalue weighted by atomic mass is 9.95. The van der Waals surface area contributed by atoms with Crippen molar-refractivity contribution in [3.05, 3.63) is 35.6 Å². The smallest absolute Gasteiger partial charge is 0.211 e. The molecule has 4 nitrogen and oxygen atoms in total. The fourth-order valence-corrected chi connectivity index (χ4v) is 2.93. The van der Waals surface area contributed by atoms with Gasteiger partial charge in [0.2, 0.25) is 10.0 Å². The van der Waals surface area contributed by atoms with Crippen LogP contribution in [0.4, 0.5) is 4.39 Å². The second-order valence-electron chi connectivity index (χ2n) is 4.55. The van der Waals surface area contributed by atoms with Crippen LogP contribution in [0.1, 0.15) is 25.8 Å². The predicted molar refractivity (Wildman–Crippen MR) is 72.8 cm³/mol. The quantitative estimate of drug-likeness (QED) is 0.835. The Labute approximate surface area is 114 Å². The van der Waals surface area contributed by atoms with Crippen LogP contribution < -0.4 is 4.72 Å². The number of nitrogens with one attached hydrogen (secondary N) is 1. The Kier molecular flexibility index (Phi) is 5.46. The van der Waals surface area contributed by atoms with Gasteiger partial charge in [-0.15, -0.1) is 0 Å². The molecule has 19 heavy (non-hydrogen) atoms. The summed E-state index contributed by atoms with van der Waals surface area (Å²) in [5.41, 5.74) is -0.705. The lowest BCUT2D eigenvalue weighted by molar-refractivity contribution is 0.00410. The molecule has 0 fully saturated rings. The molecule has 108 valence electrons. The molecule has 0 radical (unpaired) electrons. The summed E-state index contributed by atoms with van der Waals surface area (Å²) in [7, 11) is -1.92. The fourth-order valence-electron chi connectivity index (χ4n) is 1.76. The van der Waals surface area contributed by atoms with E-state index >= 15 is 0 Å². The molecule has 1 aromatic carbocycles. The molecule has 6 heteroatoms. The van der Waals surface area contributed by atoms with Crippen molar-refractivity contribution in [1.82, 2.24) is 4.72 Å². The highest BCUT2D eigenvalue weighted by molar-refractivity contribution is 7.89. The van der Waals surface area contributed by atoms with Crippen LogP contribution in [0, 0.1) is 5.82 Å². The highest BCUT2D eigenvalue weighted by atomic mass is 32.2. The lowest BCUT2D eigenvalue weighted by Crippen LogP contribution is -2.41. The van der Waals surface area contributed by atoms with E-state index in [2.05, 4.69) is 4.72 Å². The van der Waals surface area contributed by atoms with Crippen LogP contribution in [0.5, 0.6) is 0 Å². The van der Waals surface area contributed by atoms with Crippen molar-refractivity contribution in [3.8, 4) is 0 Å². The second kappa shape index (κ2) is 6.45. The molecule has 0 heterocycles. The summed E-state index contributed by atoms with van der Waals surface area (Å²) in [6.45, 7) is 3.43. The third kappa shape index (κ3) is 4.26. The maximum Gasteiger partial charge on any atom is 0.211 e. The Balaban J connectivity index is 2.91. The van der Waals surface area contributed by atoms with Crippen molar-refractivity contribution in [2.75, 3.05) is 19.4 Å². The van der Waals surface area contributed by atoms with Gasteiger partial charge in [0, 0.05) is 19.2 Å². The summed E-state index contributed by atoms with van der Waals surface area (Å²) in [6, 6.07) is 6.19. The van der Waals surface area contributed by atoms with Gasteiger partial charge >= 0.3 is 0 Å². The summed E-state index contributed by atoms with van der Waals surface area (Å²) < 4.78 is 44.8. The number of sulfonamides is 1. The van der Waals surface area contributed by atoms with Crippen molar-refractivity contribution in [3.63, 3.8) is 0 Å². The summed E-state index contributed by atoms with van der Waals surface area (Å²) in [5, 5.41) is 0. The van der Waals surface area contributed by atoms with Crippen molar-refractivity contribution in [2.24, 2.45) is 0 Å². The molecule has 0 saturated heterocycles. The molecule has 1 unspecified atom stereocenters. The van der Waals surface area contributed by atoms with Gasteiger partial charge in [0.25, 0.3) is 0 Å². The lowest BCUT2D eigenvalue weighted by Gasteiger charge is -2.29. The van der Waals surface area contributed by atoms with Crippen LogP contribution in [0.25, 0.3) is 0 Å². The molecular formula is C13H20FNO3S. The summed E-state index contributed by atoms with van der Waals surface area (Å²) >= 11 is 0. The average Bonchev–Trinajstić information content (AvgIpc) is 2.37. The van der Waals surface area contributed by atoms with Crippen molar-refractivity contribution in [2.45, 2.75) is 25.9 Å². The minimum atomic E-state index is -3.35. The average molecular weight is 289 g/mol. The molecule has 1 aromatic rings. The maximum atomic E-state index is 13.8. The van der Waals surface area contributed by atoms with E-state index < -0.39 is 21.4 Å². The number of benzene rings is 1. The Morgan fingerprint density at radius 1 is 1.37 bits per heavy atom. The van der Waals surface area contributed by atoms with E-state index in [4.69, 9.17) is 4.74 Å². The number of methoxy groups -OCH3 is 1. The molecule has 0 bridgehead atoms. The molecule has 0 saturated carbocycles. The van der Waals surface area contributed by atoms with E-state index in [0.29, 0.717) is 12.0 Å². The third-order valence-electron chi connectivity index (χ3n) is 3.00. The number of ether oxygens (including phenoxy) is 1. The predicted octanol–water partition coefficient (Wildman–Crippen LogP) is 2.02. The van der Waals surface area contributed by atoms with Gasteiger partial charge in [-0.05, 0) is 19.4 Å². The van der Waals surface area contributed by atoms with Gasteiger partial charge < -0.3 is 4.74 Å². The van der Waals surface area contributed by atoms with Gasteiger partial charge in [0.15, 0.2) is 0 Å². The Bertz CT molecular complexity index is 518. The first-order valence-corrected chi connectivity index (χ1v) is 7.77. The third-order valence-corrected chi connectivity index (χ3v) is 4.53. The van der Waals surface area contributed by atoms with E-state index in [-0.39, 0.29) is 12.3 Å². The standard InChI is InChI=1S/C13H20FNO3S/c1-4-9-19(16,17)15-10-13(2,18-3)11-7-5-6-8-12(11)14/h5-8,15H,4,9-10H2,1-3H3. The molecule has 0 aliphatic heterocycles. The van der Waals surface area contributed by atoms with E-state index in [0.717, 1.165) is 0 Å². The summed E-state index contributed by atoms with van der Waals surface area (Å²) in [4.78, 5) is 0. The summed E-state index contributed by atoms with van der Waals surface area (Å²) in [6.07, 6.45) is 0.527. The molecule has 1 atom stereocenters. The zero-order chi connectivity index (χ0) is 14.5. The Morgan fingerprint density at radius 3 is 2.53 bits per heavy atom. The van der Waals surface area contributed by atoms with E-state index in [1.807, 2.05) is 0 Å².